The molecule has 4 heteroatoms. The van der Waals surface area contributed by atoms with E-state index in [1.165, 1.54) is 12.1 Å². The Kier molecular flexibility index (Phi) is 3.97. The average molecular weight is 240 g/mol. The van der Waals surface area contributed by atoms with E-state index in [1.54, 1.807) is 12.1 Å². The number of rotatable bonds is 5. The maximum atomic E-state index is 12.7. The van der Waals surface area contributed by atoms with Gasteiger partial charge in [-0.15, -0.1) is 0 Å². The smallest absolute Gasteiger partial charge is 0.130 e. The summed E-state index contributed by atoms with van der Waals surface area (Å²) in [5, 5.41) is 9.56. The Morgan fingerprint density at radius 2 is 2.06 bits per heavy atom. The van der Waals surface area contributed by atoms with Crippen LogP contribution in [0.4, 0.5) is 4.39 Å². The number of hydrogen-bond donors (Lipinski definition) is 1. The maximum absolute atomic E-state index is 12.7. The first-order valence-electron chi connectivity index (χ1n) is 5.92. The van der Waals surface area contributed by atoms with E-state index < -0.39 is 6.10 Å². The van der Waals surface area contributed by atoms with Crippen molar-refractivity contribution in [1.82, 2.24) is 0 Å². The predicted octanol–water partition coefficient (Wildman–Crippen LogP) is 2.13. The van der Waals surface area contributed by atoms with Crippen molar-refractivity contribution in [2.45, 2.75) is 38.1 Å². The van der Waals surface area contributed by atoms with Crippen molar-refractivity contribution in [3.05, 3.63) is 30.1 Å². The molecule has 0 amide bonds. The number of hydrogen-bond acceptors (Lipinski definition) is 3. The van der Waals surface area contributed by atoms with Crippen LogP contribution in [0.1, 0.15) is 19.8 Å². The molecule has 1 aliphatic carbocycles. The van der Waals surface area contributed by atoms with Crippen LogP contribution in [0, 0.1) is 5.82 Å². The quantitative estimate of drug-likeness (QED) is 0.857. The number of benzene rings is 1. The molecule has 1 aliphatic rings. The fraction of sp³-hybridized carbons (Fsp3) is 0.538. The third-order valence-corrected chi connectivity index (χ3v) is 2.83. The van der Waals surface area contributed by atoms with Crippen LogP contribution in [0.5, 0.6) is 5.75 Å². The second-order valence-corrected chi connectivity index (χ2v) is 4.25. The third-order valence-electron chi connectivity index (χ3n) is 2.83. The van der Waals surface area contributed by atoms with Crippen LogP contribution >= 0.6 is 0 Å². The van der Waals surface area contributed by atoms with Crippen molar-refractivity contribution in [2.24, 2.45) is 0 Å². The molecule has 0 bridgehead atoms. The van der Waals surface area contributed by atoms with Crippen molar-refractivity contribution in [3.63, 3.8) is 0 Å². The first-order chi connectivity index (χ1) is 8.20. The zero-order valence-electron chi connectivity index (χ0n) is 9.80. The highest BCUT2D eigenvalue weighted by atomic mass is 19.1. The van der Waals surface area contributed by atoms with Crippen LogP contribution in [0.3, 0.4) is 0 Å². The molecule has 3 atom stereocenters. The van der Waals surface area contributed by atoms with Crippen molar-refractivity contribution >= 4 is 0 Å². The van der Waals surface area contributed by atoms with Gasteiger partial charge in [0.15, 0.2) is 0 Å². The highest BCUT2D eigenvalue weighted by Crippen LogP contribution is 2.29. The minimum Gasteiger partial charge on any atom is -0.488 e. The van der Waals surface area contributed by atoms with Gasteiger partial charge in [0.05, 0.1) is 6.10 Å². The Hall–Kier alpha value is -1.13. The number of aliphatic hydroxyl groups is 1. The van der Waals surface area contributed by atoms with Gasteiger partial charge in [0.2, 0.25) is 0 Å². The van der Waals surface area contributed by atoms with Gasteiger partial charge in [-0.2, -0.15) is 0 Å². The van der Waals surface area contributed by atoms with Gasteiger partial charge in [-0.3, -0.25) is 0 Å². The molecule has 0 radical (unpaired) electrons. The van der Waals surface area contributed by atoms with Crippen molar-refractivity contribution in [1.29, 1.82) is 0 Å². The van der Waals surface area contributed by atoms with Gasteiger partial charge in [0, 0.05) is 13.0 Å². The van der Waals surface area contributed by atoms with E-state index in [1.807, 2.05) is 6.92 Å². The Balaban J connectivity index is 1.88. The van der Waals surface area contributed by atoms with Gasteiger partial charge >= 0.3 is 0 Å². The van der Waals surface area contributed by atoms with Crippen molar-refractivity contribution in [3.8, 4) is 5.75 Å². The van der Waals surface area contributed by atoms with Gasteiger partial charge in [-0.05, 0) is 30.7 Å². The van der Waals surface area contributed by atoms with Gasteiger partial charge in [-0.25, -0.2) is 4.39 Å². The minimum absolute atomic E-state index is 0.137. The summed E-state index contributed by atoms with van der Waals surface area (Å²) in [7, 11) is 0. The lowest BCUT2D eigenvalue weighted by atomic mass is 9.88. The van der Waals surface area contributed by atoms with Gasteiger partial charge in [0.25, 0.3) is 0 Å². The normalized spacial score (nSPS) is 27.6. The van der Waals surface area contributed by atoms with Gasteiger partial charge < -0.3 is 14.6 Å². The largest absolute Gasteiger partial charge is 0.488 e. The van der Waals surface area contributed by atoms with Crippen LogP contribution < -0.4 is 4.74 Å². The topological polar surface area (TPSA) is 38.7 Å². The molecular weight excluding hydrogens is 223 g/mol. The molecule has 0 spiro atoms. The highest BCUT2D eigenvalue weighted by Gasteiger charge is 2.42. The molecule has 1 N–H and O–H groups in total. The SMILES string of the molecule is CCCOC1C(O)CC1Oc1ccc(F)cc1. The summed E-state index contributed by atoms with van der Waals surface area (Å²) in [5.74, 6) is 0.318. The second kappa shape index (κ2) is 5.47. The van der Waals surface area contributed by atoms with Crippen LogP contribution in [0.2, 0.25) is 0 Å². The van der Waals surface area contributed by atoms with Crippen LogP contribution in [0.15, 0.2) is 24.3 Å². The Morgan fingerprint density at radius 1 is 1.35 bits per heavy atom. The monoisotopic (exact) mass is 240 g/mol. The lowest BCUT2D eigenvalue weighted by Gasteiger charge is -2.40. The van der Waals surface area contributed by atoms with E-state index in [9.17, 15) is 9.50 Å². The van der Waals surface area contributed by atoms with E-state index in [4.69, 9.17) is 9.47 Å². The first kappa shape index (κ1) is 12.3. The summed E-state index contributed by atoms with van der Waals surface area (Å²) < 4.78 is 23.8. The van der Waals surface area contributed by atoms with E-state index in [0.29, 0.717) is 18.8 Å². The summed E-state index contributed by atoms with van der Waals surface area (Å²) >= 11 is 0. The van der Waals surface area contributed by atoms with E-state index in [0.717, 1.165) is 6.42 Å². The predicted molar refractivity (Wildman–Crippen MR) is 61.5 cm³/mol. The van der Waals surface area contributed by atoms with Crippen molar-refractivity contribution in [2.75, 3.05) is 6.61 Å². The standard InChI is InChI=1S/C13H17FO3/c1-2-7-16-13-11(15)8-12(13)17-10-5-3-9(14)4-6-10/h3-6,11-13,15H,2,7-8H2,1H3. The molecule has 0 aliphatic heterocycles. The number of halogens is 1. The molecule has 0 aromatic heterocycles. The maximum Gasteiger partial charge on any atom is 0.130 e. The molecule has 1 saturated carbocycles. The molecule has 3 unspecified atom stereocenters. The molecule has 17 heavy (non-hydrogen) atoms. The summed E-state index contributed by atoms with van der Waals surface area (Å²) in [6.07, 6.45) is 0.618. The highest BCUT2D eigenvalue weighted by molar-refractivity contribution is 5.23. The first-order valence-corrected chi connectivity index (χ1v) is 5.92. The van der Waals surface area contributed by atoms with Crippen molar-refractivity contribution < 1.29 is 19.0 Å². The zero-order chi connectivity index (χ0) is 12.3. The molecule has 3 nitrogen and oxygen atoms in total. The molecular formula is C13H17FO3. The molecule has 1 aromatic rings. The number of aliphatic hydroxyl groups excluding tert-OH is 1. The fourth-order valence-corrected chi connectivity index (χ4v) is 1.83. The molecule has 0 saturated heterocycles. The second-order valence-electron chi connectivity index (χ2n) is 4.25. The van der Waals surface area contributed by atoms with Crippen LogP contribution in [0.25, 0.3) is 0 Å². The van der Waals surface area contributed by atoms with Crippen LogP contribution in [-0.2, 0) is 4.74 Å². The van der Waals surface area contributed by atoms with E-state index in [-0.39, 0.29) is 18.0 Å². The number of ether oxygens (including phenoxy) is 2. The van der Waals surface area contributed by atoms with Gasteiger partial charge in [-0.1, -0.05) is 6.92 Å². The molecule has 1 aromatic carbocycles. The minimum atomic E-state index is -0.452. The summed E-state index contributed by atoms with van der Waals surface area (Å²) in [6.45, 7) is 2.63. The van der Waals surface area contributed by atoms with E-state index in [2.05, 4.69) is 0 Å². The molecule has 2 rings (SSSR count). The summed E-state index contributed by atoms with van der Waals surface area (Å²) in [5.41, 5.74) is 0. The fourth-order valence-electron chi connectivity index (χ4n) is 1.83. The molecule has 0 heterocycles. The summed E-state index contributed by atoms with van der Waals surface area (Å²) in [6, 6.07) is 5.87. The summed E-state index contributed by atoms with van der Waals surface area (Å²) in [4.78, 5) is 0. The zero-order valence-corrected chi connectivity index (χ0v) is 9.80. The molecule has 94 valence electrons. The Bertz CT molecular complexity index is 352. The lowest BCUT2D eigenvalue weighted by molar-refractivity contribution is -0.162. The average Bonchev–Trinajstić information content (AvgIpc) is 2.31. The Labute approximate surface area is 100 Å². The Morgan fingerprint density at radius 3 is 2.65 bits per heavy atom. The van der Waals surface area contributed by atoms with Crippen LogP contribution in [-0.4, -0.2) is 30.0 Å². The van der Waals surface area contributed by atoms with E-state index >= 15 is 0 Å². The lowest BCUT2D eigenvalue weighted by Crippen LogP contribution is -2.55. The molecule has 1 fully saturated rings. The third kappa shape index (κ3) is 2.96. The van der Waals surface area contributed by atoms with Gasteiger partial charge in [0.1, 0.15) is 23.8 Å².